The molecule has 2 aromatic rings. The molecule has 1 amide bonds. The van der Waals surface area contributed by atoms with Crippen LogP contribution in [0.1, 0.15) is 42.2 Å². The van der Waals surface area contributed by atoms with Crippen molar-refractivity contribution in [3.63, 3.8) is 0 Å². The Morgan fingerprint density at radius 3 is 2.70 bits per heavy atom. The van der Waals surface area contributed by atoms with E-state index in [1.165, 1.54) is 0 Å². The molecule has 0 spiro atoms. The molecule has 2 aromatic carbocycles. The number of fused-ring (bicyclic) bond motifs is 1. The predicted octanol–water partition coefficient (Wildman–Crippen LogP) is 2.77. The summed E-state index contributed by atoms with van der Waals surface area (Å²) in [5.41, 5.74) is 0.494. The molecular formula is C19H21FN2O4S. The average molecular weight is 392 g/mol. The molecule has 0 aromatic heterocycles. The molecule has 8 heteroatoms. The van der Waals surface area contributed by atoms with E-state index in [4.69, 9.17) is 4.74 Å². The highest BCUT2D eigenvalue weighted by Gasteiger charge is 2.25. The van der Waals surface area contributed by atoms with E-state index in [-0.39, 0.29) is 22.5 Å². The van der Waals surface area contributed by atoms with Gasteiger partial charge in [-0.3, -0.25) is 4.79 Å². The Kier molecular flexibility index (Phi) is 5.48. The fourth-order valence-corrected chi connectivity index (χ4v) is 4.23. The standard InChI is InChI=1S/C19H21FN2O4S/c1-12(2)22-27(24,25)13-7-8-16(20)15(11-13)19(23)21-17-9-10-26-18-6-4-3-5-14(17)18/h3-8,11-12,17,22H,9-10H2,1-2H3,(H,21,23)/t17-/m1/s1. The number of halogens is 1. The van der Waals surface area contributed by atoms with Gasteiger partial charge in [-0.1, -0.05) is 18.2 Å². The monoisotopic (exact) mass is 392 g/mol. The molecule has 0 fully saturated rings. The zero-order valence-electron chi connectivity index (χ0n) is 15.0. The van der Waals surface area contributed by atoms with Crippen LogP contribution in [-0.4, -0.2) is 27.0 Å². The van der Waals surface area contributed by atoms with Crippen molar-refractivity contribution < 1.29 is 22.3 Å². The van der Waals surface area contributed by atoms with Crippen LogP contribution in [-0.2, 0) is 10.0 Å². The molecule has 1 aliphatic heterocycles. The van der Waals surface area contributed by atoms with Crippen molar-refractivity contribution in [1.29, 1.82) is 0 Å². The summed E-state index contributed by atoms with van der Waals surface area (Å²) in [6, 6.07) is 9.83. The van der Waals surface area contributed by atoms with Crippen LogP contribution in [0.15, 0.2) is 47.4 Å². The summed E-state index contributed by atoms with van der Waals surface area (Å²) in [7, 11) is -3.83. The van der Waals surface area contributed by atoms with Crippen molar-refractivity contribution in [2.24, 2.45) is 0 Å². The first-order valence-electron chi connectivity index (χ1n) is 8.62. The minimum atomic E-state index is -3.83. The second-order valence-corrected chi connectivity index (χ2v) is 8.33. The first-order valence-corrected chi connectivity index (χ1v) is 10.1. The van der Waals surface area contributed by atoms with Gasteiger partial charge in [-0.15, -0.1) is 0 Å². The number of rotatable bonds is 5. The Morgan fingerprint density at radius 2 is 1.96 bits per heavy atom. The third-order valence-electron chi connectivity index (χ3n) is 4.15. The number of nitrogens with one attached hydrogen (secondary N) is 2. The number of benzene rings is 2. The van der Waals surface area contributed by atoms with Crippen molar-refractivity contribution in [1.82, 2.24) is 10.0 Å². The number of amides is 1. The lowest BCUT2D eigenvalue weighted by molar-refractivity contribution is 0.0920. The van der Waals surface area contributed by atoms with Crippen molar-refractivity contribution in [3.05, 3.63) is 59.4 Å². The van der Waals surface area contributed by atoms with Crippen molar-refractivity contribution in [3.8, 4) is 5.75 Å². The van der Waals surface area contributed by atoms with Crippen LogP contribution in [0.2, 0.25) is 0 Å². The Bertz CT molecular complexity index is 960. The van der Waals surface area contributed by atoms with Crippen LogP contribution < -0.4 is 14.8 Å². The highest BCUT2D eigenvalue weighted by Crippen LogP contribution is 2.31. The van der Waals surface area contributed by atoms with E-state index in [0.717, 1.165) is 23.8 Å². The second-order valence-electron chi connectivity index (χ2n) is 6.62. The maximum atomic E-state index is 14.2. The van der Waals surface area contributed by atoms with Gasteiger partial charge >= 0.3 is 0 Å². The lowest BCUT2D eigenvalue weighted by Gasteiger charge is -2.26. The first-order chi connectivity index (χ1) is 12.8. The van der Waals surface area contributed by atoms with Crippen molar-refractivity contribution in [2.75, 3.05) is 6.61 Å². The largest absolute Gasteiger partial charge is 0.493 e. The smallest absolute Gasteiger partial charge is 0.254 e. The fourth-order valence-electron chi connectivity index (χ4n) is 2.95. The molecule has 1 heterocycles. The van der Waals surface area contributed by atoms with Crippen LogP contribution in [0.3, 0.4) is 0 Å². The van der Waals surface area contributed by atoms with Gasteiger partial charge in [-0.05, 0) is 38.1 Å². The summed E-state index contributed by atoms with van der Waals surface area (Å²) in [4.78, 5) is 12.5. The predicted molar refractivity (Wildman–Crippen MR) is 98.6 cm³/mol. The van der Waals surface area contributed by atoms with Crippen LogP contribution >= 0.6 is 0 Å². The van der Waals surface area contributed by atoms with E-state index < -0.39 is 21.7 Å². The molecule has 6 nitrogen and oxygen atoms in total. The van der Waals surface area contributed by atoms with E-state index in [2.05, 4.69) is 10.0 Å². The van der Waals surface area contributed by atoms with Gasteiger partial charge in [0.05, 0.1) is 23.1 Å². The van der Waals surface area contributed by atoms with Gasteiger partial charge in [-0.25, -0.2) is 17.5 Å². The number of ether oxygens (including phenoxy) is 1. The molecule has 0 saturated carbocycles. The molecule has 27 heavy (non-hydrogen) atoms. The number of para-hydroxylation sites is 1. The molecule has 0 saturated heterocycles. The molecule has 0 radical (unpaired) electrons. The average Bonchev–Trinajstić information content (AvgIpc) is 2.61. The summed E-state index contributed by atoms with van der Waals surface area (Å²) >= 11 is 0. The number of sulfonamides is 1. The maximum Gasteiger partial charge on any atom is 0.254 e. The molecular weight excluding hydrogens is 371 g/mol. The summed E-state index contributed by atoms with van der Waals surface area (Å²) in [6.45, 7) is 3.78. The van der Waals surface area contributed by atoms with Gasteiger partial charge in [-0.2, -0.15) is 0 Å². The van der Waals surface area contributed by atoms with Crippen molar-refractivity contribution >= 4 is 15.9 Å². The number of carbonyl (C=O) groups excluding carboxylic acids is 1. The Morgan fingerprint density at radius 1 is 1.22 bits per heavy atom. The van der Waals surface area contributed by atoms with E-state index >= 15 is 0 Å². The van der Waals surface area contributed by atoms with Crippen LogP contribution in [0.5, 0.6) is 5.75 Å². The molecule has 0 aliphatic carbocycles. The summed E-state index contributed by atoms with van der Waals surface area (Å²) in [5.74, 6) is -0.779. The maximum absolute atomic E-state index is 14.2. The zero-order chi connectivity index (χ0) is 19.6. The van der Waals surface area contributed by atoms with E-state index in [0.29, 0.717) is 18.8 Å². The second kappa shape index (κ2) is 7.66. The number of hydrogen-bond donors (Lipinski definition) is 2. The van der Waals surface area contributed by atoms with Gasteiger partial charge in [0.25, 0.3) is 5.91 Å². The number of hydrogen-bond acceptors (Lipinski definition) is 4. The summed E-state index contributed by atoms with van der Waals surface area (Å²) in [5, 5.41) is 2.78. The molecule has 0 unspecified atom stereocenters. The topological polar surface area (TPSA) is 84.5 Å². The van der Waals surface area contributed by atoms with E-state index in [1.54, 1.807) is 19.9 Å². The van der Waals surface area contributed by atoms with E-state index in [1.807, 2.05) is 18.2 Å². The minimum Gasteiger partial charge on any atom is -0.493 e. The summed E-state index contributed by atoms with van der Waals surface area (Å²) in [6.07, 6.45) is 0.539. The Hall–Kier alpha value is -2.45. The van der Waals surface area contributed by atoms with E-state index in [9.17, 15) is 17.6 Å². The lowest BCUT2D eigenvalue weighted by atomic mass is 10.00. The highest BCUT2D eigenvalue weighted by atomic mass is 32.2. The van der Waals surface area contributed by atoms with Crippen LogP contribution in [0.25, 0.3) is 0 Å². The molecule has 2 N–H and O–H groups in total. The molecule has 0 bridgehead atoms. The molecule has 144 valence electrons. The molecule has 1 atom stereocenters. The Balaban J connectivity index is 1.87. The van der Waals surface area contributed by atoms with Gasteiger partial charge in [0.1, 0.15) is 11.6 Å². The quantitative estimate of drug-likeness (QED) is 0.820. The minimum absolute atomic E-state index is 0.157. The zero-order valence-corrected chi connectivity index (χ0v) is 15.8. The van der Waals surface area contributed by atoms with Gasteiger partial charge in [0, 0.05) is 18.0 Å². The van der Waals surface area contributed by atoms with Crippen LogP contribution in [0, 0.1) is 5.82 Å². The number of carbonyl (C=O) groups is 1. The normalized spacial score (nSPS) is 16.5. The van der Waals surface area contributed by atoms with Crippen LogP contribution in [0.4, 0.5) is 4.39 Å². The fraction of sp³-hybridized carbons (Fsp3) is 0.316. The first kappa shape index (κ1) is 19.3. The lowest BCUT2D eigenvalue weighted by Crippen LogP contribution is -2.33. The summed E-state index contributed by atoms with van der Waals surface area (Å²) < 4.78 is 46.8. The van der Waals surface area contributed by atoms with Crippen molar-refractivity contribution in [2.45, 2.75) is 37.2 Å². The van der Waals surface area contributed by atoms with Gasteiger partial charge < -0.3 is 10.1 Å². The SMILES string of the molecule is CC(C)NS(=O)(=O)c1ccc(F)c(C(=O)N[C@@H]2CCOc3ccccc32)c1. The van der Waals surface area contributed by atoms with Gasteiger partial charge in [0.15, 0.2) is 0 Å². The Labute approximate surface area is 157 Å². The molecule has 3 rings (SSSR count). The third-order valence-corrected chi connectivity index (χ3v) is 5.80. The highest BCUT2D eigenvalue weighted by molar-refractivity contribution is 7.89. The third kappa shape index (κ3) is 4.28. The molecule has 1 aliphatic rings. The van der Waals surface area contributed by atoms with Gasteiger partial charge in [0.2, 0.25) is 10.0 Å².